The van der Waals surface area contributed by atoms with Crippen LogP contribution in [0.3, 0.4) is 0 Å². The molecule has 1 atom stereocenters. The lowest BCUT2D eigenvalue weighted by atomic mass is 10.2. The Balaban J connectivity index is 2.01. The molecule has 1 unspecified atom stereocenters. The number of aliphatic carboxylic acids is 1. The van der Waals surface area contributed by atoms with Gasteiger partial charge in [-0.25, -0.2) is 0 Å². The van der Waals surface area contributed by atoms with Crippen LogP contribution in [-0.4, -0.2) is 53.5 Å². The third-order valence-electron chi connectivity index (χ3n) is 3.06. The van der Waals surface area contributed by atoms with Crippen LogP contribution in [-0.2, 0) is 14.4 Å². The number of piperazine rings is 1. The number of nitrogens with one attached hydrogen (secondary N) is 2. The zero-order valence-corrected chi connectivity index (χ0v) is 13.2. The van der Waals surface area contributed by atoms with E-state index in [4.69, 9.17) is 5.11 Å². The van der Waals surface area contributed by atoms with E-state index in [1.165, 1.54) is 4.90 Å². The van der Waals surface area contributed by atoms with Crippen molar-refractivity contribution in [2.24, 2.45) is 0 Å². The molecule has 1 fully saturated rings. The number of benzene rings is 1. The molecule has 2 amide bonds. The zero-order chi connectivity index (χ0) is 15.4. The second-order valence-corrected chi connectivity index (χ2v) is 5.75. The van der Waals surface area contributed by atoms with Crippen molar-refractivity contribution in [3.8, 4) is 0 Å². The van der Waals surface area contributed by atoms with Gasteiger partial charge < -0.3 is 15.7 Å². The Morgan fingerprint density at radius 2 is 2.14 bits per heavy atom. The Labute approximate surface area is 134 Å². The average molecular weight is 403 g/mol. The van der Waals surface area contributed by atoms with E-state index in [9.17, 15) is 14.4 Å². The Hall–Kier alpha value is -1.68. The predicted molar refractivity (Wildman–Crippen MR) is 83.8 cm³/mol. The molecule has 21 heavy (non-hydrogen) atoms. The van der Waals surface area contributed by atoms with Gasteiger partial charge in [-0.15, -0.1) is 0 Å². The summed E-state index contributed by atoms with van der Waals surface area (Å²) in [6, 6.07) is 6.38. The lowest BCUT2D eigenvalue weighted by Gasteiger charge is -2.31. The van der Waals surface area contributed by atoms with Gasteiger partial charge in [0.05, 0.1) is 18.8 Å². The summed E-state index contributed by atoms with van der Waals surface area (Å²) < 4.78 is 0.884. The summed E-state index contributed by atoms with van der Waals surface area (Å²) in [6.07, 6.45) is 0. The second kappa shape index (κ2) is 6.85. The summed E-state index contributed by atoms with van der Waals surface area (Å²) in [6.45, 7) is -0.240. The Morgan fingerprint density at radius 1 is 1.43 bits per heavy atom. The van der Waals surface area contributed by atoms with Crippen molar-refractivity contribution in [3.63, 3.8) is 0 Å². The molecule has 1 aliphatic rings. The molecule has 0 radical (unpaired) electrons. The average Bonchev–Trinajstić information content (AvgIpc) is 2.41. The van der Waals surface area contributed by atoms with E-state index in [-0.39, 0.29) is 31.4 Å². The minimum atomic E-state index is -1.06. The third-order valence-corrected chi connectivity index (χ3v) is 4.00. The molecule has 1 saturated heterocycles. The number of nitrogens with zero attached hydrogens (tertiary/aromatic N) is 1. The quantitative estimate of drug-likeness (QED) is 0.621. The maximum Gasteiger partial charge on any atom is 0.322 e. The second-order valence-electron chi connectivity index (χ2n) is 4.59. The summed E-state index contributed by atoms with van der Waals surface area (Å²) in [4.78, 5) is 35.9. The molecule has 2 rings (SSSR count). The summed E-state index contributed by atoms with van der Waals surface area (Å²) in [5, 5.41) is 14.3. The molecule has 1 aromatic rings. The first-order valence-electron chi connectivity index (χ1n) is 6.25. The number of rotatable bonds is 4. The van der Waals surface area contributed by atoms with E-state index in [2.05, 4.69) is 33.2 Å². The van der Waals surface area contributed by atoms with E-state index < -0.39 is 12.0 Å². The summed E-state index contributed by atoms with van der Waals surface area (Å²) >= 11 is 2.10. The van der Waals surface area contributed by atoms with Gasteiger partial charge in [-0.05, 0) is 34.7 Å². The minimum absolute atomic E-state index is 0.00428. The van der Waals surface area contributed by atoms with Crippen LogP contribution in [0.25, 0.3) is 0 Å². The number of anilines is 1. The van der Waals surface area contributed by atoms with Crippen LogP contribution in [0.5, 0.6) is 0 Å². The fourth-order valence-corrected chi connectivity index (χ4v) is 2.56. The van der Waals surface area contributed by atoms with Gasteiger partial charge >= 0.3 is 5.97 Å². The monoisotopic (exact) mass is 403 g/mol. The molecule has 0 bridgehead atoms. The maximum atomic E-state index is 12.0. The highest BCUT2D eigenvalue weighted by Crippen LogP contribution is 2.17. The molecular formula is C13H14IN3O4. The highest BCUT2D eigenvalue weighted by molar-refractivity contribution is 14.1. The lowest BCUT2D eigenvalue weighted by Crippen LogP contribution is -2.58. The lowest BCUT2D eigenvalue weighted by molar-refractivity contribution is -0.146. The fraction of sp³-hybridized carbons (Fsp3) is 0.308. The number of halogens is 1. The molecule has 8 heteroatoms. The number of amides is 2. The Kier molecular flexibility index (Phi) is 5.12. The number of hydrogen-bond acceptors (Lipinski definition) is 4. The molecule has 112 valence electrons. The zero-order valence-electron chi connectivity index (χ0n) is 11.0. The van der Waals surface area contributed by atoms with Crippen molar-refractivity contribution in [1.29, 1.82) is 0 Å². The smallest absolute Gasteiger partial charge is 0.322 e. The number of carbonyl (C=O) groups excluding carboxylic acids is 2. The first-order valence-corrected chi connectivity index (χ1v) is 7.33. The van der Waals surface area contributed by atoms with Crippen molar-refractivity contribution in [1.82, 2.24) is 10.2 Å². The van der Waals surface area contributed by atoms with Crippen molar-refractivity contribution in [2.75, 3.05) is 25.0 Å². The summed E-state index contributed by atoms with van der Waals surface area (Å²) in [5.41, 5.74) is 0.663. The molecule has 0 aliphatic carbocycles. The van der Waals surface area contributed by atoms with Gasteiger partial charge in [0.15, 0.2) is 0 Å². The van der Waals surface area contributed by atoms with Crippen LogP contribution in [0.1, 0.15) is 0 Å². The topological polar surface area (TPSA) is 98.7 Å². The summed E-state index contributed by atoms with van der Waals surface area (Å²) in [5.74, 6) is -1.69. The van der Waals surface area contributed by atoms with Gasteiger partial charge in [0, 0.05) is 10.1 Å². The van der Waals surface area contributed by atoms with Crippen LogP contribution in [0.15, 0.2) is 24.3 Å². The molecule has 1 heterocycles. The molecule has 1 aliphatic heterocycles. The van der Waals surface area contributed by atoms with Gasteiger partial charge in [0.1, 0.15) is 6.04 Å². The molecule has 3 N–H and O–H groups in total. The fourth-order valence-electron chi connectivity index (χ4n) is 2.04. The molecular weight excluding hydrogens is 389 g/mol. The number of para-hydroxylation sites is 1. The van der Waals surface area contributed by atoms with Crippen LogP contribution in [0.2, 0.25) is 0 Å². The molecule has 0 aromatic heterocycles. The van der Waals surface area contributed by atoms with Crippen LogP contribution >= 0.6 is 22.6 Å². The van der Waals surface area contributed by atoms with Crippen molar-refractivity contribution >= 4 is 46.1 Å². The molecule has 1 aromatic carbocycles. The molecule has 0 saturated carbocycles. The van der Waals surface area contributed by atoms with E-state index in [1.807, 2.05) is 12.1 Å². The first kappa shape index (κ1) is 15.7. The van der Waals surface area contributed by atoms with Gasteiger partial charge in [-0.1, -0.05) is 12.1 Å². The van der Waals surface area contributed by atoms with Crippen molar-refractivity contribution in [2.45, 2.75) is 6.04 Å². The number of carboxylic acid groups (broad SMARTS) is 1. The Morgan fingerprint density at radius 3 is 2.81 bits per heavy atom. The normalized spacial score (nSPS) is 18.9. The number of carbonyl (C=O) groups is 3. The van der Waals surface area contributed by atoms with Crippen LogP contribution in [0, 0.1) is 3.57 Å². The van der Waals surface area contributed by atoms with E-state index >= 15 is 0 Å². The van der Waals surface area contributed by atoms with E-state index in [1.54, 1.807) is 12.1 Å². The number of hydrogen-bond donors (Lipinski definition) is 3. The first-order chi connectivity index (χ1) is 9.97. The molecule has 7 nitrogen and oxygen atoms in total. The maximum absolute atomic E-state index is 12.0. The van der Waals surface area contributed by atoms with Crippen molar-refractivity contribution < 1.29 is 19.5 Å². The summed E-state index contributed by atoms with van der Waals surface area (Å²) in [7, 11) is 0. The third kappa shape index (κ3) is 4.14. The van der Waals surface area contributed by atoms with Crippen LogP contribution < -0.4 is 10.6 Å². The highest BCUT2D eigenvalue weighted by atomic mass is 127. The Bertz CT molecular complexity index is 578. The SMILES string of the molecule is O=C1CN(CC(=O)Nc2ccccc2I)C(C(=O)O)CN1. The van der Waals surface area contributed by atoms with Gasteiger partial charge in [0.25, 0.3) is 0 Å². The van der Waals surface area contributed by atoms with Gasteiger partial charge in [-0.2, -0.15) is 0 Å². The number of carboxylic acids is 1. The van der Waals surface area contributed by atoms with Gasteiger partial charge in [0.2, 0.25) is 11.8 Å². The van der Waals surface area contributed by atoms with Crippen LogP contribution in [0.4, 0.5) is 5.69 Å². The predicted octanol–water partition coefficient (Wildman–Crippen LogP) is 0.115. The highest BCUT2D eigenvalue weighted by Gasteiger charge is 2.32. The minimum Gasteiger partial charge on any atom is -0.480 e. The largest absolute Gasteiger partial charge is 0.480 e. The molecule has 0 spiro atoms. The standard InChI is InChI=1S/C13H14IN3O4/c14-8-3-1-2-4-9(8)16-12(19)7-17-6-11(18)15-5-10(17)13(20)21/h1-4,10H,5-7H2,(H,15,18)(H,16,19)(H,20,21). The van der Waals surface area contributed by atoms with E-state index in [0.29, 0.717) is 5.69 Å². The van der Waals surface area contributed by atoms with Gasteiger partial charge in [-0.3, -0.25) is 19.3 Å². The van der Waals surface area contributed by atoms with E-state index in [0.717, 1.165) is 3.57 Å². The van der Waals surface area contributed by atoms with Crippen molar-refractivity contribution in [3.05, 3.63) is 27.8 Å².